The highest BCUT2D eigenvalue weighted by Gasteiger charge is 2.39. The van der Waals surface area contributed by atoms with Gasteiger partial charge in [-0.2, -0.15) is 4.31 Å². The Morgan fingerprint density at radius 3 is 2.46 bits per heavy atom. The number of nitrogens with one attached hydrogen (secondary N) is 1. The highest BCUT2D eigenvalue weighted by atomic mass is 32.2. The molecule has 0 spiro atoms. The minimum absolute atomic E-state index is 0.357. The molecule has 2 aromatic rings. The van der Waals surface area contributed by atoms with E-state index in [-0.39, 0.29) is 0 Å². The van der Waals surface area contributed by atoms with Crippen molar-refractivity contribution in [2.24, 2.45) is 0 Å². The molecule has 1 aromatic carbocycles. The Morgan fingerprint density at radius 1 is 1.04 bits per heavy atom. The first-order chi connectivity index (χ1) is 12.5. The number of quaternary nitrogens is 1. The molecule has 1 amide bonds. The molecule has 1 saturated heterocycles. The molecule has 2 aliphatic rings. The van der Waals surface area contributed by atoms with Crippen LogP contribution in [0.3, 0.4) is 0 Å². The molecule has 9 heteroatoms. The molecule has 1 N–H and O–H groups in total. The van der Waals surface area contributed by atoms with Gasteiger partial charge in [-0.05, 0) is 23.6 Å². The first-order valence-electron chi connectivity index (χ1n) is 8.31. The molecule has 136 valence electrons. The van der Waals surface area contributed by atoms with Crippen LogP contribution < -0.4 is 9.80 Å². The predicted molar refractivity (Wildman–Crippen MR) is 96.9 cm³/mol. The number of hydrogen-bond acceptors (Lipinski definition) is 5. The van der Waals surface area contributed by atoms with E-state index in [4.69, 9.17) is 0 Å². The fraction of sp³-hybridized carbons (Fsp3) is 0.294. The zero-order valence-corrected chi connectivity index (χ0v) is 15.6. The molecule has 26 heavy (non-hydrogen) atoms. The molecule has 0 atom stereocenters. The standard InChI is InChI=1S/C17H17N3O4S2/c21-16-13-4-1-2-5-14(13)20(17(16)22)12-18-7-9-19(10-8-18)26(23,24)15-6-3-11-25-15/h1-6,11H,7-10,12H2/p+1. The van der Waals surface area contributed by atoms with Crippen molar-refractivity contribution in [1.82, 2.24) is 4.31 Å². The Labute approximate surface area is 155 Å². The number of carbonyl (C=O) groups excluding carboxylic acids is 2. The summed E-state index contributed by atoms with van der Waals surface area (Å²) in [5.41, 5.74) is 1.08. The fourth-order valence-corrected chi connectivity index (χ4v) is 5.95. The normalized spacial score (nSPS) is 19.2. The van der Waals surface area contributed by atoms with Crippen molar-refractivity contribution in [3.05, 3.63) is 47.3 Å². The number of sulfonamides is 1. The van der Waals surface area contributed by atoms with Gasteiger partial charge >= 0.3 is 5.91 Å². The quantitative estimate of drug-likeness (QED) is 0.733. The van der Waals surface area contributed by atoms with Crippen molar-refractivity contribution in [1.29, 1.82) is 0 Å². The van der Waals surface area contributed by atoms with Crippen molar-refractivity contribution < 1.29 is 22.9 Å². The first-order valence-corrected chi connectivity index (χ1v) is 10.6. The highest BCUT2D eigenvalue weighted by molar-refractivity contribution is 7.91. The zero-order chi connectivity index (χ0) is 18.3. The third-order valence-corrected chi connectivity index (χ3v) is 8.05. The minimum atomic E-state index is -3.43. The van der Waals surface area contributed by atoms with E-state index in [1.54, 1.807) is 41.8 Å². The Balaban J connectivity index is 1.44. The summed E-state index contributed by atoms with van der Waals surface area (Å²) < 4.78 is 27.0. The van der Waals surface area contributed by atoms with Crippen LogP contribution in [0, 0.1) is 0 Å². The maximum atomic E-state index is 12.6. The predicted octanol–water partition coefficient (Wildman–Crippen LogP) is -0.176. The molecule has 0 unspecified atom stereocenters. The van der Waals surface area contributed by atoms with E-state index in [0.717, 1.165) is 4.90 Å². The number of carbonyl (C=O) groups is 2. The summed E-state index contributed by atoms with van der Waals surface area (Å²) in [6.45, 7) is 2.34. The lowest BCUT2D eigenvalue weighted by atomic mass is 10.1. The van der Waals surface area contributed by atoms with E-state index < -0.39 is 21.7 Å². The summed E-state index contributed by atoms with van der Waals surface area (Å²) in [4.78, 5) is 26.9. The van der Waals surface area contributed by atoms with E-state index in [0.29, 0.717) is 48.3 Å². The summed E-state index contributed by atoms with van der Waals surface area (Å²) in [5, 5.41) is 1.75. The van der Waals surface area contributed by atoms with E-state index in [1.165, 1.54) is 20.5 Å². The van der Waals surface area contributed by atoms with E-state index in [9.17, 15) is 18.0 Å². The summed E-state index contributed by atoms with van der Waals surface area (Å²) in [7, 11) is -3.43. The third kappa shape index (κ3) is 2.86. The number of Topliss-reactive ketones (excluding diaryl/α,β-unsaturated/α-hetero) is 1. The second-order valence-corrected chi connectivity index (χ2v) is 9.44. The molecular formula is C17H18N3O4S2+. The number of fused-ring (bicyclic) bond motifs is 1. The average molecular weight is 392 g/mol. The van der Waals surface area contributed by atoms with Crippen LogP contribution in [0.1, 0.15) is 10.4 Å². The summed E-state index contributed by atoms with van der Waals surface area (Å²) in [5.74, 6) is -0.980. The maximum absolute atomic E-state index is 12.6. The Bertz CT molecular complexity index is 948. The summed E-state index contributed by atoms with van der Waals surface area (Å²) in [6, 6.07) is 10.3. The van der Waals surface area contributed by atoms with E-state index >= 15 is 0 Å². The summed E-state index contributed by atoms with van der Waals surface area (Å²) in [6.07, 6.45) is 0. The average Bonchev–Trinajstić information content (AvgIpc) is 3.27. The SMILES string of the molecule is O=C1C(=O)N(C[NH+]2CCN(S(=O)(=O)c3cccs3)CC2)c2ccccc21. The topological polar surface area (TPSA) is 79.2 Å². The molecule has 4 rings (SSSR count). The van der Waals surface area contributed by atoms with Crippen LogP contribution in [0.4, 0.5) is 5.69 Å². The Morgan fingerprint density at radius 2 is 1.77 bits per heavy atom. The molecule has 0 bridgehead atoms. The van der Waals surface area contributed by atoms with Crippen LogP contribution in [-0.2, 0) is 14.8 Å². The van der Waals surface area contributed by atoms with Gasteiger partial charge in [0.25, 0.3) is 15.8 Å². The van der Waals surface area contributed by atoms with Crippen LogP contribution in [0.15, 0.2) is 46.0 Å². The van der Waals surface area contributed by atoms with Gasteiger partial charge in [-0.1, -0.05) is 18.2 Å². The van der Waals surface area contributed by atoms with Gasteiger partial charge in [-0.3, -0.25) is 14.5 Å². The number of ketones is 1. The molecule has 0 aliphatic carbocycles. The van der Waals surface area contributed by atoms with E-state index in [2.05, 4.69) is 0 Å². The molecule has 2 aliphatic heterocycles. The fourth-order valence-electron chi connectivity index (χ4n) is 3.37. The summed E-state index contributed by atoms with van der Waals surface area (Å²) >= 11 is 1.22. The number of piperazine rings is 1. The number of rotatable bonds is 4. The maximum Gasteiger partial charge on any atom is 0.303 e. The van der Waals surface area contributed by atoms with Gasteiger partial charge in [0, 0.05) is 0 Å². The number of para-hydroxylation sites is 1. The minimum Gasteiger partial charge on any atom is -0.315 e. The van der Waals surface area contributed by atoms with Gasteiger partial charge in [0.1, 0.15) is 4.21 Å². The molecule has 0 saturated carbocycles. The van der Waals surface area contributed by atoms with Gasteiger partial charge in [0.15, 0.2) is 6.67 Å². The van der Waals surface area contributed by atoms with Crippen LogP contribution in [0.25, 0.3) is 0 Å². The van der Waals surface area contributed by atoms with Crippen molar-refractivity contribution in [3.63, 3.8) is 0 Å². The second-order valence-electron chi connectivity index (χ2n) is 6.32. The Kier molecular flexibility index (Phi) is 4.39. The molecule has 0 radical (unpaired) electrons. The monoisotopic (exact) mass is 392 g/mol. The largest absolute Gasteiger partial charge is 0.315 e. The first kappa shape index (κ1) is 17.3. The lowest BCUT2D eigenvalue weighted by Gasteiger charge is -2.33. The number of amides is 1. The van der Waals surface area contributed by atoms with Crippen LogP contribution in [-0.4, -0.2) is 57.3 Å². The lowest BCUT2D eigenvalue weighted by molar-refractivity contribution is -0.902. The van der Waals surface area contributed by atoms with Gasteiger partial charge in [-0.15, -0.1) is 11.3 Å². The highest BCUT2D eigenvalue weighted by Crippen LogP contribution is 2.27. The number of anilines is 1. The van der Waals surface area contributed by atoms with Gasteiger partial charge in [0.05, 0.1) is 37.4 Å². The Hall–Kier alpha value is -2.07. The number of hydrogen-bond donors (Lipinski definition) is 1. The molecule has 1 aromatic heterocycles. The van der Waals surface area contributed by atoms with E-state index in [1.807, 2.05) is 0 Å². The zero-order valence-electron chi connectivity index (χ0n) is 13.9. The van der Waals surface area contributed by atoms with Gasteiger partial charge in [-0.25, -0.2) is 8.42 Å². The third-order valence-electron chi connectivity index (χ3n) is 4.78. The van der Waals surface area contributed by atoms with Crippen molar-refractivity contribution in [2.75, 3.05) is 37.7 Å². The van der Waals surface area contributed by atoms with Crippen molar-refractivity contribution >= 4 is 38.7 Å². The van der Waals surface area contributed by atoms with Crippen LogP contribution in [0.2, 0.25) is 0 Å². The molecule has 7 nitrogen and oxygen atoms in total. The second kappa shape index (κ2) is 6.58. The van der Waals surface area contributed by atoms with Crippen molar-refractivity contribution in [3.8, 4) is 0 Å². The molecular weight excluding hydrogens is 374 g/mol. The molecule has 3 heterocycles. The number of nitrogens with zero attached hydrogens (tertiary/aromatic N) is 2. The van der Waals surface area contributed by atoms with Crippen molar-refractivity contribution in [2.45, 2.75) is 4.21 Å². The molecule has 1 fully saturated rings. The van der Waals surface area contributed by atoms with Crippen LogP contribution in [0.5, 0.6) is 0 Å². The van der Waals surface area contributed by atoms with Gasteiger partial charge in [0.2, 0.25) is 0 Å². The lowest BCUT2D eigenvalue weighted by Crippen LogP contribution is -3.16. The number of thiophene rings is 1. The smallest absolute Gasteiger partial charge is 0.303 e. The number of benzene rings is 1. The van der Waals surface area contributed by atoms with Crippen LogP contribution >= 0.6 is 11.3 Å². The van der Waals surface area contributed by atoms with Gasteiger partial charge < -0.3 is 4.90 Å².